The molecule has 154 valence electrons. The third-order valence-corrected chi connectivity index (χ3v) is 5.56. The van der Waals surface area contributed by atoms with Gasteiger partial charge in [-0.15, -0.1) is 11.8 Å². The van der Waals surface area contributed by atoms with Gasteiger partial charge in [-0.05, 0) is 23.8 Å². The van der Waals surface area contributed by atoms with Crippen LogP contribution in [0.15, 0.2) is 36.7 Å². The van der Waals surface area contributed by atoms with Gasteiger partial charge in [0, 0.05) is 30.3 Å². The summed E-state index contributed by atoms with van der Waals surface area (Å²) in [4.78, 5) is 31.4. The Morgan fingerprint density at radius 1 is 1.21 bits per heavy atom. The summed E-state index contributed by atoms with van der Waals surface area (Å²) in [7, 11) is 4.49. The summed E-state index contributed by atoms with van der Waals surface area (Å²) < 4.78 is 16.0. The van der Waals surface area contributed by atoms with Crippen molar-refractivity contribution in [2.45, 2.75) is 12.6 Å². The molecule has 0 spiro atoms. The van der Waals surface area contributed by atoms with Crippen LogP contribution in [0.2, 0.25) is 0 Å². The van der Waals surface area contributed by atoms with E-state index in [-0.39, 0.29) is 11.8 Å². The molecular weight excluding hydrogens is 394 g/mol. The standard InChI is InChI=1S/C20H23N3O5S/c1-26-16-7-14(8-17(27-2)18(16)28-3)20(25)23-12-29-11-15(23)19(24)22-10-13-5-4-6-21-9-13/h4-9,15H,10-12H2,1-3H3,(H,22,24)/t15-/m1/s1. The molecule has 2 amide bonds. The van der Waals surface area contributed by atoms with Crippen LogP contribution in [0.1, 0.15) is 15.9 Å². The van der Waals surface area contributed by atoms with Gasteiger partial charge in [-0.25, -0.2) is 0 Å². The Kier molecular flexibility index (Phi) is 6.82. The Bertz CT molecular complexity index is 853. The van der Waals surface area contributed by atoms with Crippen LogP contribution in [-0.2, 0) is 11.3 Å². The number of rotatable bonds is 7. The van der Waals surface area contributed by atoms with E-state index in [4.69, 9.17) is 14.2 Å². The lowest BCUT2D eigenvalue weighted by molar-refractivity contribution is -0.124. The van der Waals surface area contributed by atoms with Crippen LogP contribution in [0.5, 0.6) is 17.2 Å². The van der Waals surface area contributed by atoms with Gasteiger partial charge in [0.15, 0.2) is 11.5 Å². The Morgan fingerprint density at radius 3 is 2.52 bits per heavy atom. The van der Waals surface area contributed by atoms with Crippen LogP contribution in [0.3, 0.4) is 0 Å². The van der Waals surface area contributed by atoms with Crippen molar-refractivity contribution in [1.82, 2.24) is 15.2 Å². The number of hydrogen-bond donors (Lipinski definition) is 1. The van der Waals surface area contributed by atoms with Gasteiger partial charge < -0.3 is 24.4 Å². The van der Waals surface area contributed by atoms with E-state index in [1.807, 2.05) is 12.1 Å². The van der Waals surface area contributed by atoms with Gasteiger partial charge in [0.25, 0.3) is 5.91 Å². The zero-order valence-corrected chi connectivity index (χ0v) is 17.3. The molecule has 1 saturated heterocycles. The van der Waals surface area contributed by atoms with Crippen molar-refractivity contribution in [1.29, 1.82) is 0 Å². The summed E-state index contributed by atoms with van der Waals surface area (Å²) in [6.07, 6.45) is 3.37. The zero-order chi connectivity index (χ0) is 20.8. The van der Waals surface area contributed by atoms with E-state index in [2.05, 4.69) is 10.3 Å². The predicted octanol–water partition coefficient (Wildman–Crippen LogP) is 1.94. The van der Waals surface area contributed by atoms with Crippen molar-refractivity contribution >= 4 is 23.6 Å². The predicted molar refractivity (Wildman–Crippen MR) is 109 cm³/mol. The molecule has 0 unspecified atom stereocenters. The quantitative estimate of drug-likeness (QED) is 0.736. The van der Waals surface area contributed by atoms with Crippen molar-refractivity contribution in [3.8, 4) is 17.2 Å². The number of methoxy groups -OCH3 is 3. The summed E-state index contributed by atoms with van der Waals surface area (Å²) in [5.41, 5.74) is 1.26. The molecule has 8 nitrogen and oxygen atoms in total. The number of pyridine rings is 1. The van der Waals surface area contributed by atoms with Crippen molar-refractivity contribution in [2.24, 2.45) is 0 Å². The molecule has 1 atom stereocenters. The van der Waals surface area contributed by atoms with E-state index in [0.717, 1.165) is 5.56 Å². The lowest BCUT2D eigenvalue weighted by Crippen LogP contribution is -2.47. The van der Waals surface area contributed by atoms with Gasteiger partial charge in [0.1, 0.15) is 6.04 Å². The Labute approximate surface area is 173 Å². The highest BCUT2D eigenvalue weighted by atomic mass is 32.2. The van der Waals surface area contributed by atoms with Crippen molar-refractivity contribution < 1.29 is 23.8 Å². The molecule has 3 rings (SSSR count). The van der Waals surface area contributed by atoms with Crippen molar-refractivity contribution in [2.75, 3.05) is 33.0 Å². The van der Waals surface area contributed by atoms with Crippen molar-refractivity contribution in [3.63, 3.8) is 0 Å². The van der Waals surface area contributed by atoms with E-state index in [9.17, 15) is 9.59 Å². The second-order valence-corrected chi connectivity index (χ2v) is 7.28. The number of carbonyl (C=O) groups is 2. The molecule has 2 heterocycles. The minimum Gasteiger partial charge on any atom is -0.493 e. The number of carbonyl (C=O) groups excluding carboxylic acids is 2. The van der Waals surface area contributed by atoms with Gasteiger partial charge in [-0.3, -0.25) is 14.6 Å². The summed E-state index contributed by atoms with van der Waals surface area (Å²) in [5.74, 6) is 1.69. The largest absolute Gasteiger partial charge is 0.493 e. The van der Waals surface area contributed by atoms with E-state index >= 15 is 0 Å². The topological polar surface area (TPSA) is 90.0 Å². The first-order valence-electron chi connectivity index (χ1n) is 8.94. The molecule has 1 aliphatic rings. The molecule has 2 aromatic rings. The fourth-order valence-corrected chi connectivity index (χ4v) is 4.19. The van der Waals surface area contributed by atoms with Gasteiger partial charge >= 0.3 is 0 Å². The lowest BCUT2D eigenvalue weighted by Gasteiger charge is -2.24. The fraction of sp³-hybridized carbons (Fsp3) is 0.350. The van der Waals surface area contributed by atoms with E-state index in [0.29, 0.717) is 41.0 Å². The second-order valence-electron chi connectivity index (χ2n) is 6.28. The number of hydrogen-bond acceptors (Lipinski definition) is 7. The first-order chi connectivity index (χ1) is 14.1. The highest BCUT2D eigenvalue weighted by Gasteiger charge is 2.35. The molecule has 0 bridgehead atoms. The molecule has 1 aromatic carbocycles. The Morgan fingerprint density at radius 2 is 1.93 bits per heavy atom. The SMILES string of the molecule is COc1cc(C(=O)N2CSC[C@@H]2C(=O)NCc2cccnc2)cc(OC)c1OC. The van der Waals surface area contributed by atoms with Crippen molar-refractivity contribution in [3.05, 3.63) is 47.8 Å². The maximum Gasteiger partial charge on any atom is 0.255 e. The maximum atomic E-state index is 13.1. The smallest absolute Gasteiger partial charge is 0.255 e. The highest BCUT2D eigenvalue weighted by molar-refractivity contribution is 7.99. The Balaban J connectivity index is 1.76. The molecule has 9 heteroatoms. The molecule has 0 radical (unpaired) electrons. The average molecular weight is 417 g/mol. The molecule has 1 aliphatic heterocycles. The fourth-order valence-electron chi connectivity index (χ4n) is 3.04. The highest BCUT2D eigenvalue weighted by Crippen LogP contribution is 2.39. The number of nitrogens with zero attached hydrogens (tertiary/aromatic N) is 2. The van der Waals surface area contributed by atoms with Crippen LogP contribution in [0, 0.1) is 0 Å². The number of nitrogens with one attached hydrogen (secondary N) is 1. The zero-order valence-electron chi connectivity index (χ0n) is 16.5. The summed E-state index contributed by atoms with van der Waals surface area (Å²) in [6.45, 7) is 0.361. The minimum atomic E-state index is -0.553. The monoisotopic (exact) mass is 417 g/mol. The number of amides is 2. The van der Waals surface area contributed by atoms with Crippen LogP contribution in [0.4, 0.5) is 0 Å². The number of aromatic nitrogens is 1. The molecule has 0 aliphatic carbocycles. The summed E-state index contributed by atoms with van der Waals surface area (Å²) in [5, 5.41) is 2.89. The van der Waals surface area contributed by atoms with E-state index < -0.39 is 6.04 Å². The molecular formula is C20H23N3O5S. The molecule has 1 aromatic heterocycles. The van der Waals surface area contributed by atoms with E-state index in [1.165, 1.54) is 33.1 Å². The van der Waals surface area contributed by atoms with Crippen LogP contribution in [-0.4, -0.2) is 60.7 Å². The van der Waals surface area contributed by atoms with Gasteiger partial charge in [0.05, 0.1) is 27.2 Å². The van der Waals surface area contributed by atoms with Gasteiger partial charge in [-0.2, -0.15) is 0 Å². The Hall–Kier alpha value is -2.94. The van der Waals surface area contributed by atoms with Gasteiger partial charge in [-0.1, -0.05) is 6.07 Å². The summed E-state index contributed by atoms with van der Waals surface area (Å²) >= 11 is 1.54. The number of thioether (sulfide) groups is 1. The molecule has 29 heavy (non-hydrogen) atoms. The summed E-state index contributed by atoms with van der Waals surface area (Å²) in [6, 6.07) is 6.33. The molecule has 1 N–H and O–H groups in total. The number of ether oxygens (including phenoxy) is 3. The van der Waals surface area contributed by atoms with E-state index in [1.54, 1.807) is 29.4 Å². The second kappa shape index (κ2) is 9.51. The van der Waals surface area contributed by atoms with Gasteiger partial charge in [0.2, 0.25) is 11.7 Å². The maximum absolute atomic E-state index is 13.1. The van der Waals surface area contributed by atoms with Crippen LogP contribution >= 0.6 is 11.8 Å². The normalized spacial score (nSPS) is 15.7. The molecule has 1 fully saturated rings. The number of benzene rings is 1. The lowest BCUT2D eigenvalue weighted by atomic mass is 10.1. The third kappa shape index (κ3) is 4.56. The molecule has 0 saturated carbocycles. The third-order valence-electron chi connectivity index (χ3n) is 4.55. The first kappa shape index (κ1) is 20.8. The van der Waals surface area contributed by atoms with Crippen LogP contribution in [0.25, 0.3) is 0 Å². The minimum absolute atomic E-state index is 0.195. The van der Waals surface area contributed by atoms with Crippen LogP contribution < -0.4 is 19.5 Å². The average Bonchev–Trinajstić information content (AvgIpc) is 3.26. The first-order valence-corrected chi connectivity index (χ1v) is 10.1.